The summed E-state index contributed by atoms with van der Waals surface area (Å²) in [4.78, 5) is 26.8. The Hall–Kier alpha value is -1.10. The summed E-state index contributed by atoms with van der Waals surface area (Å²) >= 11 is 0. The normalized spacial score (nSPS) is 24.2. The van der Waals surface area contributed by atoms with E-state index in [9.17, 15) is 9.59 Å². The van der Waals surface area contributed by atoms with Gasteiger partial charge in [-0.25, -0.2) is 0 Å². The van der Waals surface area contributed by atoms with Crippen molar-refractivity contribution in [3.63, 3.8) is 0 Å². The molecular formula is C11H19N3O2. The molecular weight excluding hydrogens is 206 g/mol. The predicted molar refractivity (Wildman–Crippen MR) is 59.5 cm³/mol. The average molecular weight is 225 g/mol. The van der Waals surface area contributed by atoms with Gasteiger partial charge in [-0.15, -0.1) is 0 Å². The highest BCUT2D eigenvalue weighted by atomic mass is 16.2. The van der Waals surface area contributed by atoms with Gasteiger partial charge in [0, 0.05) is 32.1 Å². The van der Waals surface area contributed by atoms with Crippen LogP contribution in [-0.2, 0) is 9.59 Å². The molecule has 2 amide bonds. The van der Waals surface area contributed by atoms with Crippen LogP contribution in [0.3, 0.4) is 0 Å². The Bertz CT molecular complexity index is 294. The number of amides is 2. The van der Waals surface area contributed by atoms with Crippen LogP contribution in [0.5, 0.6) is 0 Å². The van der Waals surface area contributed by atoms with E-state index in [2.05, 4.69) is 0 Å². The highest BCUT2D eigenvalue weighted by molar-refractivity contribution is 5.81. The molecule has 1 heterocycles. The lowest BCUT2D eigenvalue weighted by Crippen LogP contribution is -2.54. The number of carbonyl (C=O) groups excluding carboxylic acids is 2. The Balaban J connectivity index is 1.81. The molecule has 0 aromatic rings. The quantitative estimate of drug-likeness (QED) is 0.698. The molecule has 5 heteroatoms. The number of hydrogen-bond acceptors (Lipinski definition) is 3. The summed E-state index contributed by atoms with van der Waals surface area (Å²) in [6.07, 6.45) is 2.10. The van der Waals surface area contributed by atoms with Gasteiger partial charge in [0.15, 0.2) is 0 Å². The number of carbonyl (C=O) groups is 2. The Morgan fingerprint density at radius 1 is 1.19 bits per heavy atom. The van der Waals surface area contributed by atoms with Gasteiger partial charge in [0.05, 0.1) is 6.04 Å². The zero-order valence-corrected chi connectivity index (χ0v) is 9.69. The van der Waals surface area contributed by atoms with Crippen LogP contribution in [0.4, 0.5) is 0 Å². The van der Waals surface area contributed by atoms with Gasteiger partial charge >= 0.3 is 0 Å². The molecule has 0 radical (unpaired) electrons. The summed E-state index contributed by atoms with van der Waals surface area (Å²) in [6, 6.07) is -0.224. The van der Waals surface area contributed by atoms with Crippen LogP contribution in [0.2, 0.25) is 0 Å². The van der Waals surface area contributed by atoms with Crippen LogP contribution in [-0.4, -0.2) is 53.8 Å². The van der Waals surface area contributed by atoms with E-state index in [0.717, 1.165) is 39.0 Å². The van der Waals surface area contributed by atoms with Gasteiger partial charge in [0.1, 0.15) is 0 Å². The lowest BCUT2D eigenvalue weighted by Gasteiger charge is -2.37. The molecule has 1 aliphatic carbocycles. The molecule has 2 N–H and O–H groups in total. The Kier molecular flexibility index (Phi) is 3.14. The number of rotatable bonds is 3. The largest absolute Gasteiger partial charge is 0.368 e. The first kappa shape index (κ1) is 11.4. The van der Waals surface area contributed by atoms with E-state index in [1.807, 2.05) is 16.7 Å². The third-order valence-corrected chi connectivity index (χ3v) is 3.51. The molecule has 16 heavy (non-hydrogen) atoms. The molecule has 0 spiro atoms. The minimum atomic E-state index is -0.290. The van der Waals surface area contributed by atoms with Crippen molar-refractivity contribution >= 4 is 11.8 Å². The molecule has 2 rings (SSSR count). The fraction of sp³-hybridized carbons (Fsp3) is 0.818. The van der Waals surface area contributed by atoms with Crippen molar-refractivity contribution in [3.8, 4) is 0 Å². The van der Waals surface area contributed by atoms with Gasteiger partial charge in [-0.1, -0.05) is 0 Å². The van der Waals surface area contributed by atoms with Crippen LogP contribution in [0.15, 0.2) is 0 Å². The summed E-state index contributed by atoms with van der Waals surface area (Å²) in [6.45, 7) is 4.78. The fourth-order valence-electron chi connectivity index (χ4n) is 2.10. The molecule has 0 aromatic carbocycles. The number of piperazine rings is 1. The van der Waals surface area contributed by atoms with E-state index >= 15 is 0 Å². The van der Waals surface area contributed by atoms with Gasteiger partial charge in [0.2, 0.25) is 11.8 Å². The average Bonchev–Trinajstić information content (AvgIpc) is 3.11. The van der Waals surface area contributed by atoms with E-state index < -0.39 is 0 Å². The molecule has 2 fully saturated rings. The first-order valence-electron chi connectivity index (χ1n) is 5.91. The van der Waals surface area contributed by atoms with Crippen molar-refractivity contribution in [1.29, 1.82) is 0 Å². The zero-order chi connectivity index (χ0) is 11.7. The standard InChI is InChI=1S/C11H19N3O2/c1-8(10(12)15)13-4-6-14(7-5-13)11(16)9-2-3-9/h8-9H,2-7H2,1H3,(H2,12,15). The SMILES string of the molecule is CC(C(N)=O)N1CCN(C(=O)C2CC2)CC1. The molecule has 5 nitrogen and oxygen atoms in total. The summed E-state index contributed by atoms with van der Waals surface area (Å²) < 4.78 is 0. The molecule has 2 aliphatic rings. The minimum absolute atomic E-state index is 0.224. The second-order valence-corrected chi connectivity index (χ2v) is 4.71. The monoisotopic (exact) mass is 225 g/mol. The topological polar surface area (TPSA) is 66.6 Å². The van der Waals surface area contributed by atoms with E-state index in [1.165, 1.54) is 0 Å². The maximum Gasteiger partial charge on any atom is 0.234 e. The molecule has 0 bridgehead atoms. The first-order valence-corrected chi connectivity index (χ1v) is 5.91. The van der Waals surface area contributed by atoms with Crippen LogP contribution in [0.25, 0.3) is 0 Å². The van der Waals surface area contributed by atoms with Crippen LogP contribution >= 0.6 is 0 Å². The van der Waals surface area contributed by atoms with Crippen molar-refractivity contribution in [2.75, 3.05) is 26.2 Å². The van der Waals surface area contributed by atoms with Gasteiger partial charge < -0.3 is 10.6 Å². The number of nitrogens with zero attached hydrogens (tertiary/aromatic N) is 2. The summed E-state index contributed by atoms with van der Waals surface area (Å²) in [7, 11) is 0. The fourth-order valence-corrected chi connectivity index (χ4v) is 2.10. The van der Waals surface area contributed by atoms with Gasteiger partial charge in [-0.2, -0.15) is 0 Å². The van der Waals surface area contributed by atoms with Crippen LogP contribution in [0.1, 0.15) is 19.8 Å². The second-order valence-electron chi connectivity index (χ2n) is 4.71. The van der Waals surface area contributed by atoms with E-state index in [1.54, 1.807) is 0 Å². The lowest BCUT2D eigenvalue weighted by atomic mass is 10.2. The van der Waals surface area contributed by atoms with Crippen molar-refractivity contribution in [2.45, 2.75) is 25.8 Å². The van der Waals surface area contributed by atoms with Crippen molar-refractivity contribution < 1.29 is 9.59 Å². The lowest BCUT2D eigenvalue weighted by molar-refractivity contribution is -0.135. The number of hydrogen-bond donors (Lipinski definition) is 1. The number of primary amides is 1. The summed E-state index contributed by atoms with van der Waals surface area (Å²) in [5.74, 6) is 0.300. The van der Waals surface area contributed by atoms with Gasteiger partial charge in [-0.3, -0.25) is 14.5 Å². The van der Waals surface area contributed by atoms with Gasteiger partial charge in [0.25, 0.3) is 0 Å². The van der Waals surface area contributed by atoms with E-state index in [-0.39, 0.29) is 11.9 Å². The Labute approximate surface area is 95.6 Å². The van der Waals surface area contributed by atoms with Crippen LogP contribution < -0.4 is 5.73 Å². The smallest absolute Gasteiger partial charge is 0.234 e. The highest BCUT2D eigenvalue weighted by Crippen LogP contribution is 2.31. The highest BCUT2D eigenvalue weighted by Gasteiger charge is 2.35. The molecule has 1 saturated carbocycles. The second kappa shape index (κ2) is 4.41. The molecule has 90 valence electrons. The third-order valence-electron chi connectivity index (χ3n) is 3.51. The maximum absolute atomic E-state index is 11.8. The van der Waals surface area contributed by atoms with Crippen molar-refractivity contribution in [1.82, 2.24) is 9.80 Å². The Morgan fingerprint density at radius 3 is 2.19 bits per heavy atom. The first-order chi connectivity index (χ1) is 7.59. The van der Waals surface area contributed by atoms with Gasteiger partial charge in [-0.05, 0) is 19.8 Å². The summed E-state index contributed by atoms with van der Waals surface area (Å²) in [5.41, 5.74) is 5.26. The van der Waals surface area contributed by atoms with Crippen molar-refractivity contribution in [2.24, 2.45) is 11.7 Å². The Morgan fingerprint density at radius 2 is 1.75 bits per heavy atom. The molecule has 1 unspecified atom stereocenters. The molecule has 1 aliphatic heterocycles. The maximum atomic E-state index is 11.8. The molecule has 1 saturated heterocycles. The minimum Gasteiger partial charge on any atom is -0.368 e. The van der Waals surface area contributed by atoms with E-state index in [4.69, 9.17) is 5.73 Å². The third kappa shape index (κ3) is 2.35. The van der Waals surface area contributed by atoms with Crippen LogP contribution in [0, 0.1) is 5.92 Å². The van der Waals surface area contributed by atoms with E-state index in [0.29, 0.717) is 11.8 Å². The molecule has 1 atom stereocenters. The predicted octanol–water partition coefficient (Wildman–Crippen LogP) is -0.586. The van der Waals surface area contributed by atoms with Crippen molar-refractivity contribution in [3.05, 3.63) is 0 Å². The number of nitrogens with two attached hydrogens (primary N) is 1. The zero-order valence-electron chi connectivity index (χ0n) is 9.69. The molecule has 0 aromatic heterocycles. The summed E-state index contributed by atoms with van der Waals surface area (Å²) in [5, 5.41) is 0.